The van der Waals surface area contributed by atoms with Crippen LogP contribution in [-0.4, -0.2) is 71.3 Å². The van der Waals surface area contributed by atoms with E-state index in [1.54, 1.807) is 0 Å². The predicted octanol–water partition coefficient (Wildman–Crippen LogP) is 1.51. The van der Waals surface area contributed by atoms with Crippen LogP contribution in [0.25, 0.3) is 0 Å². The van der Waals surface area contributed by atoms with E-state index in [1.807, 2.05) is 17.9 Å². The van der Waals surface area contributed by atoms with Gasteiger partial charge in [0.2, 0.25) is 5.91 Å². The van der Waals surface area contributed by atoms with E-state index in [2.05, 4.69) is 26.4 Å². The van der Waals surface area contributed by atoms with Crippen molar-refractivity contribution >= 4 is 30.7 Å². The van der Waals surface area contributed by atoms with E-state index in [0.29, 0.717) is 11.8 Å². The molecule has 3 atom stereocenters. The lowest BCUT2D eigenvalue weighted by atomic mass is 9.90. The summed E-state index contributed by atoms with van der Waals surface area (Å²) < 4.78 is 1.83. The number of aryl methyl sites for hydroxylation is 1. The molecule has 0 radical (unpaired) electrons. The molecule has 4 heterocycles. The van der Waals surface area contributed by atoms with Gasteiger partial charge >= 0.3 is 0 Å². The second-order valence-corrected chi connectivity index (χ2v) is 7.77. The number of carbonyl (C=O) groups excluding carboxylic acids is 1. The van der Waals surface area contributed by atoms with E-state index in [9.17, 15) is 4.79 Å². The summed E-state index contributed by atoms with van der Waals surface area (Å²) in [6.07, 6.45) is 7.82. The summed E-state index contributed by atoms with van der Waals surface area (Å²) in [5.74, 6) is 1.35. The molecule has 1 N–H and O–H groups in total. The third-order valence-electron chi connectivity index (χ3n) is 6.00. The topological polar surface area (TPSA) is 53.4 Å². The molecule has 0 spiro atoms. The molecule has 3 aliphatic heterocycles. The van der Waals surface area contributed by atoms with E-state index in [4.69, 9.17) is 0 Å². The molecule has 6 nitrogen and oxygen atoms in total. The highest BCUT2D eigenvalue weighted by Gasteiger charge is 2.39. The molecular weight excluding hydrogens is 373 g/mol. The maximum Gasteiger partial charge on any atom is 0.227 e. The van der Waals surface area contributed by atoms with E-state index in [-0.39, 0.29) is 36.6 Å². The number of carbonyl (C=O) groups is 1. The molecule has 3 aliphatic rings. The van der Waals surface area contributed by atoms with Crippen LogP contribution in [-0.2, 0) is 11.8 Å². The lowest BCUT2D eigenvalue weighted by Gasteiger charge is -2.25. The van der Waals surface area contributed by atoms with Crippen LogP contribution in [0, 0.1) is 11.8 Å². The first-order chi connectivity index (χ1) is 11.7. The number of amides is 1. The van der Waals surface area contributed by atoms with E-state index in [1.165, 1.54) is 44.5 Å². The number of likely N-dealkylation sites (tertiary alicyclic amines) is 2. The van der Waals surface area contributed by atoms with Crippen LogP contribution in [0.5, 0.6) is 0 Å². The molecule has 0 saturated carbocycles. The average Bonchev–Trinajstić information content (AvgIpc) is 3.34. The third kappa shape index (κ3) is 4.53. The predicted molar refractivity (Wildman–Crippen MR) is 107 cm³/mol. The zero-order valence-electron chi connectivity index (χ0n) is 15.5. The highest BCUT2D eigenvalue weighted by atomic mass is 35.5. The molecular formula is C18H31Cl2N5O. The number of halogens is 2. The second-order valence-electron chi connectivity index (χ2n) is 7.77. The fraction of sp³-hybridized carbons (Fsp3) is 0.778. The summed E-state index contributed by atoms with van der Waals surface area (Å²) in [5.41, 5.74) is 1.19. The van der Waals surface area contributed by atoms with Gasteiger partial charge in [-0.3, -0.25) is 9.48 Å². The van der Waals surface area contributed by atoms with Gasteiger partial charge < -0.3 is 15.1 Å². The molecule has 4 rings (SSSR count). The summed E-state index contributed by atoms with van der Waals surface area (Å²) in [6.45, 7) is 7.25. The molecule has 1 unspecified atom stereocenters. The summed E-state index contributed by atoms with van der Waals surface area (Å²) in [6, 6.07) is 0. The number of rotatable bonds is 4. The minimum Gasteiger partial charge on any atom is -0.342 e. The molecule has 8 heteroatoms. The van der Waals surface area contributed by atoms with Crippen molar-refractivity contribution < 1.29 is 4.79 Å². The highest BCUT2D eigenvalue weighted by Crippen LogP contribution is 2.31. The van der Waals surface area contributed by atoms with Crippen molar-refractivity contribution in [2.75, 3.05) is 45.8 Å². The van der Waals surface area contributed by atoms with Gasteiger partial charge in [0.25, 0.3) is 0 Å². The van der Waals surface area contributed by atoms with E-state index in [0.717, 1.165) is 26.2 Å². The van der Waals surface area contributed by atoms with Crippen molar-refractivity contribution in [3.63, 3.8) is 0 Å². The quantitative estimate of drug-likeness (QED) is 0.827. The molecule has 0 aliphatic carbocycles. The Hall–Kier alpha value is -0.820. The fourth-order valence-corrected chi connectivity index (χ4v) is 4.67. The molecule has 0 aromatic carbocycles. The molecule has 3 fully saturated rings. The fourth-order valence-electron chi connectivity index (χ4n) is 4.67. The van der Waals surface area contributed by atoms with Crippen LogP contribution in [0.2, 0.25) is 0 Å². The number of nitrogens with zero attached hydrogens (tertiary/aromatic N) is 4. The Labute approximate surface area is 168 Å². The molecule has 3 saturated heterocycles. The Morgan fingerprint density at radius 1 is 1.23 bits per heavy atom. The van der Waals surface area contributed by atoms with Gasteiger partial charge in [-0.2, -0.15) is 5.10 Å². The Bertz CT molecular complexity index is 590. The van der Waals surface area contributed by atoms with Crippen molar-refractivity contribution in [1.82, 2.24) is 24.9 Å². The summed E-state index contributed by atoms with van der Waals surface area (Å²) in [5, 5.41) is 7.69. The van der Waals surface area contributed by atoms with Crippen LogP contribution >= 0.6 is 24.8 Å². The summed E-state index contributed by atoms with van der Waals surface area (Å²) >= 11 is 0. The Balaban J connectivity index is 0.00000121. The molecule has 148 valence electrons. The van der Waals surface area contributed by atoms with Crippen molar-refractivity contribution in [1.29, 1.82) is 0 Å². The maximum atomic E-state index is 13.1. The number of aromatic nitrogens is 2. The lowest BCUT2D eigenvalue weighted by molar-refractivity contribution is -0.134. The van der Waals surface area contributed by atoms with Crippen LogP contribution < -0.4 is 5.32 Å². The second kappa shape index (κ2) is 9.40. The summed E-state index contributed by atoms with van der Waals surface area (Å²) in [4.78, 5) is 17.8. The summed E-state index contributed by atoms with van der Waals surface area (Å²) in [7, 11) is 1.94. The minimum atomic E-state index is 0. The number of hydrogen-bond donors (Lipinski definition) is 1. The Kier molecular flexibility index (Phi) is 7.76. The van der Waals surface area contributed by atoms with Gasteiger partial charge in [-0.15, -0.1) is 24.8 Å². The minimum absolute atomic E-state index is 0. The Morgan fingerprint density at radius 2 is 2.00 bits per heavy atom. The largest absolute Gasteiger partial charge is 0.342 e. The standard InChI is InChI=1S/C18H29N5O.2ClH/c1-21-13-15(8-20-21)16-9-19-10-17(16)18(24)23-7-4-14(12-23)11-22-5-2-3-6-22;;/h8,13-14,16-17,19H,2-7,9-12H2,1H3;2*1H/t14?,16-,17+;;/m1../s1. The van der Waals surface area contributed by atoms with Crippen molar-refractivity contribution in [2.24, 2.45) is 18.9 Å². The third-order valence-corrected chi connectivity index (χ3v) is 6.00. The van der Waals surface area contributed by atoms with Gasteiger partial charge in [0.1, 0.15) is 0 Å². The average molecular weight is 404 g/mol. The number of nitrogens with one attached hydrogen (secondary N) is 1. The molecule has 1 aromatic heterocycles. The van der Waals surface area contributed by atoms with Crippen LogP contribution in [0.3, 0.4) is 0 Å². The Morgan fingerprint density at radius 3 is 2.69 bits per heavy atom. The van der Waals surface area contributed by atoms with E-state index < -0.39 is 0 Å². The van der Waals surface area contributed by atoms with Gasteiger partial charge in [-0.1, -0.05) is 0 Å². The van der Waals surface area contributed by atoms with Crippen molar-refractivity contribution in [2.45, 2.75) is 25.2 Å². The monoisotopic (exact) mass is 403 g/mol. The van der Waals surface area contributed by atoms with Gasteiger partial charge in [0, 0.05) is 51.9 Å². The SMILES string of the molecule is Cl.Cl.Cn1cc([C@H]2CNC[C@@H]2C(=O)N2CCC(CN3CCCC3)C2)cn1. The molecule has 1 amide bonds. The van der Waals surface area contributed by atoms with Gasteiger partial charge in [0.05, 0.1) is 12.1 Å². The van der Waals surface area contributed by atoms with Crippen LogP contribution in [0.15, 0.2) is 12.4 Å². The van der Waals surface area contributed by atoms with Crippen LogP contribution in [0.1, 0.15) is 30.7 Å². The highest BCUT2D eigenvalue weighted by molar-refractivity contribution is 5.85. The molecule has 26 heavy (non-hydrogen) atoms. The van der Waals surface area contributed by atoms with E-state index >= 15 is 0 Å². The first-order valence-electron chi connectivity index (χ1n) is 9.41. The van der Waals surface area contributed by atoms with Crippen molar-refractivity contribution in [3.8, 4) is 0 Å². The lowest BCUT2D eigenvalue weighted by Crippen LogP contribution is -2.38. The number of hydrogen-bond acceptors (Lipinski definition) is 4. The maximum absolute atomic E-state index is 13.1. The van der Waals surface area contributed by atoms with Gasteiger partial charge in [-0.25, -0.2) is 0 Å². The first kappa shape index (κ1) is 21.5. The van der Waals surface area contributed by atoms with Gasteiger partial charge in [0.15, 0.2) is 0 Å². The normalized spacial score (nSPS) is 28.8. The molecule has 1 aromatic rings. The zero-order chi connectivity index (χ0) is 16.5. The first-order valence-corrected chi connectivity index (χ1v) is 9.41. The van der Waals surface area contributed by atoms with Gasteiger partial charge in [-0.05, 0) is 43.8 Å². The van der Waals surface area contributed by atoms with Crippen molar-refractivity contribution in [3.05, 3.63) is 18.0 Å². The zero-order valence-corrected chi connectivity index (χ0v) is 17.1. The molecule has 0 bridgehead atoms. The smallest absolute Gasteiger partial charge is 0.227 e. The van der Waals surface area contributed by atoms with Crippen LogP contribution in [0.4, 0.5) is 0 Å².